The lowest BCUT2D eigenvalue weighted by Gasteiger charge is -2.20. The zero-order chi connectivity index (χ0) is 12.8. The number of hydrogen-bond donors (Lipinski definition) is 0. The number of rotatable bonds is 4. The van der Waals surface area contributed by atoms with Gasteiger partial charge in [-0.15, -0.1) is 0 Å². The van der Waals surface area contributed by atoms with E-state index in [1.165, 1.54) is 0 Å². The Kier molecular flexibility index (Phi) is 3.26. The monoisotopic (exact) mass is 284 g/mol. The predicted octanol–water partition coefficient (Wildman–Crippen LogP) is 0.106. The van der Waals surface area contributed by atoms with Gasteiger partial charge in [0.05, 0.1) is 24.7 Å². The molecule has 4 atom stereocenters. The van der Waals surface area contributed by atoms with Crippen LogP contribution in [0.5, 0.6) is 0 Å². The summed E-state index contributed by atoms with van der Waals surface area (Å²) in [5.41, 5.74) is 0. The molecule has 2 rings (SSSR count). The number of fused-ring (bicyclic) bond motifs is 2. The molecule has 0 aromatic carbocycles. The molecule has 2 bridgehead atoms. The Hall–Kier alpha value is -0.180. The van der Waals surface area contributed by atoms with Crippen molar-refractivity contribution in [3.8, 4) is 0 Å². The molecule has 2 aliphatic rings. The highest BCUT2D eigenvalue weighted by Crippen LogP contribution is 2.48. The fourth-order valence-corrected chi connectivity index (χ4v) is 4.27. The third kappa shape index (κ3) is 3.18. The first-order chi connectivity index (χ1) is 7.66. The Morgan fingerprint density at radius 3 is 2.06 bits per heavy atom. The van der Waals surface area contributed by atoms with E-state index in [-0.39, 0.29) is 11.8 Å². The molecule has 2 aliphatic carbocycles. The molecule has 0 N–H and O–H groups in total. The van der Waals surface area contributed by atoms with E-state index in [2.05, 4.69) is 0 Å². The summed E-state index contributed by atoms with van der Waals surface area (Å²) in [4.78, 5) is 0. The lowest BCUT2D eigenvalue weighted by molar-refractivity contribution is 0.111. The van der Waals surface area contributed by atoms with Crippen molar-refractivity contribution in [2.75, 3.05) is 12.5 Å². The summed E-state index contributed by atoms with van der Waals surface area (Å²) in [5.74, 6) is -0.0501. The largest absolute Gasteiger partial charge is 0.267 e. The van der Waals surface area contributed by atoms with Gasteiger partial charge >= 0.3 is 0 Å². The van der Waals surface area contributed by atoms with E-state index in [9.17, 15) is 16.8 Å². The number of hydrogen-bond acceptors (Lipinski definition) is 6. The van der Waals surface area contributed by atoms with Crippen LogP contribution in [-0.2, 0) is 28.6 Å². The fourth-order valence-electron chi connectivity index (χ4n) is 2.89. The minimum atomic E-state index is -3.51. The van der Waals surface area contributed by atoms with Crippen LogP contribution in [0.2, 0.25) is 0 Å². The van der Waals surface area contributed by atoms with Crippen molar-refractivity contribution in [1.82, 2.24) is 0 Å². The van der Waals surface area contributed by atoms with Gasteiger partial charge in [0.1, 0.15) is 0 Å². The normalized spacial score (nSPS) is 37.5. The third-order valence-corrected chi connectivity index (χ3v) is 4.52. The van der Waals surface area contributed by atoms with E-state index in [4.69, 9.17) is 8.37 Å². The summed E-state index contributed by atoms with van der Waals surface area (Å²) >= 11 is 0. The van der Waals surface area contributed by atoms with Gasteiger partial charge in [0, 0.05) is 5.92 Å². The van der Waals surface area contributed by atoms with Crippen molar-refractivity contribution in [1.29, 1.82) is 0 Å². The van der Waals surface area contributed by atoms with Gasteiger partial charge in [-0.1, -0.05) is 0 Å². The van der Waals surface area contributed by atoms with Gasteiger partial charge in [-0.05, 0) is 25.2 Å². The molecule has 0 radical (unpaired) electrons. The molecule has 0 aromatic heterocycles. The average Bonchev–Trinajstić information content (AvgIpc) is 2.55. The van der Waals surface area contributed by atoms with Crippen LogP contribution in [0.15, 0.2) is 0 Å². The second kappa shape index (κ2) is 4.18. The minimum Gasteiger partial charge on any atom is -0.267 e. The molecule has 0 aliphatic heterocycles. The molecule has 0 amide bonds. The summed E-state index contributed by atoms with van der Waals surface area (Å²) < 4.78 is 54.4. The highest BCUT2D eigenvalue weighted by molar-refractivity contribution is 7.86. The van der Waals surface area contributed by atoms with Gasteiger partial charge in [0.2, 0.25) is 0 Å². The minimum absolute atomic E-state index is 0.0847. The second-order valence-electron chi connectivity index (χ2n) is 4.84. The lowest BCUT2D eigenvalue weighted by atomic mass is 9.98. The summed E-state index contributed by atoms with van der Waals surface area (Å²) in [7, 11) is -7.01. The maximum absolute atomic E-state index is 11.1. The van der Waals surface area contributed by atoms with Crippen molar-refractivity contribution in [2.45, 2.75) is 31.5 Å². The van der Waals surface area contributed by atoms with Gasteiger partial charge in [0.25, 0.3) is 20.2 Å². The highest BCUT2D eigenvalue weighted by Gasteiger charge is 2.51. The summed E-state index contributed by atoms with van der Waals surface area (Å²) in [6.45, 7) is 0. The van der Waals surface area contributed by atoms with Gasteiger partial charge in [-0.2, -0.15) is 16.8 Å². The van der Waals surface area contributed by atoms with E-state index in [1.807, 2.05) is 0 Å². The van der Waals surface area contributed by atoms with Crippen LogP contribution in [0.25, 0.3) is 0 Å². The van der Waals surface area contributed by atoms with Crippen LogP contribution in [0.4, 0.5) is 0 Å². The molecular weight excluding hydrogens is 268 g/mol. The van der Waals surface area contributed by atoms with Crippen molar-refractivity contribution < 1.29 is 25.2 Å². The van der Waals surface area contributed by atoms with Crippen LogP contribution in [0.1, 0.15) is 19.3 Å². The maximum atomic E-state index is 11.1. The predicted molar refractivity (Wildman–Crippen MR) is 60.3 cm³/mol. The summed E-state index contributed by atoms with van der Waals surface area (Å²) in [5, 5.41) is 0. The van der Waals surface area contributed by atoms with Crippen LogP contribution in [0, 0.1) is 11.8 Å². The Labute approximate surface area is 102 Å². The van der Waals surface area contributed by atoms with Crippen molar-refractivity contribution in [3.63, 3.8) is 0 Å². The quantitative estimate of drug-likeness (QED) is 0.681. The molecule has 100 valence electrons. The first-order valence-electron chi connectivity index (χ1n) is 5.42. The SMILES string of the molecule is CS(=O)(=O)O[C@@H]1[C@@H]2CC[C@H]1[C@H](OS(C)(=O)=O)C2. The van der Waals surface area contributed by atoms with Crippen molar-refractivity contribution in [3.05, 3.63) is 0 Å². The standard InChI is InChI=1S/C9H16O6S2/c1-16(10,11)14-8-5-6-3-4-7(8)9(6)15-17(2,12)13/h6-9H,3-5H2,1-2H3/t6-,7+,8-,9-/m1/s1. The lowest BCUT2D eigenvalue weighted by Crippen LogP contribution is -2.28. The van der Waals surface area contributed by atoms with Crippen LogP contribution in [0.3, 0.4) is 0 Å². The van der Waals surface area contributed by atoms with Crippen molar-refractivity contribution >= 4 is 20.2 Å². The molecule has 8 heteroatoms. The molecule has 0 spiro atoms. The van der Waals surface area contributed by atoms with E-state index >= 15 is 0 Å². The van der Waals surface area contributed by atoms with Gasteiger partial charge in [-0.3, -0.25) is 8.37 Å². The Balaban J connectivity index is 2.09. The highest BCUT2D eigenvalue weighted by atomic mass is 32.2. The third-order valence-electron chi connectivity index (χ3n) is 3.35. The zero-order valence-electron chi connectivity index (χ0n) is 9.70. The fraction of sp³-hybridized carbons (Fsp3) is 1.00. The maximum Gasteiger partial charge on any atom is 0.264 e. The Bertz CT molecular complexity index is 494. The van der Waals surface area contributed by atoms with Gasteiger partial charge < -0.3 is 0 Å². The van der Waals surface area contributed by atoms with Crippen LogP contribution >= 0.6 is 0 Å². The van der Waals surface area contributed by atoms with Gasteiger partial charge in [-0.25, -0.2) is 0 Å². The zero-order valence-corrected chi connectivity index (χ0v) is 11.3. The second-order valence-corrected chi connectivity index (χ2v) is 8.04. The van der Waals surface area contributed by atoms with Crippen molar-refractivity contribution in [2.24, 2.45) is 11.8 Å². The van der Waals surface area contributed by atoms with E-state index in [1.54, 1.807) is 0 Å². The molecule has 2 saturated carbocycles. The van der Waals surface area contributed by atoms with E-state index < -0.39 is 32.4 Å². The molecule has 0 aromatic rings. The Morgan fingerprint density at radius 2 is 1.53 bits per heavy atom. The smallest absolute Gasteiger partial charge is 0.264 e. The van der Waals surface area contributed by atoms with Crippen LogP contribution in [-0.4, -0.2) is 41.6 Å². The van der Waals surface area contributed by atoms with E-state index in [0.717, 1.165) is 25.4 Å². The summed E-state index contributed by atoms with van der Waals surface area (Å²) in [6.07, 6.45) is 3.34. The van der Waals surface area contributed by atoms with Gasteiger partial charge in [0.15, 0.2) is 0 Å². The molecule has 0 unspecified atom stereocenters. The van der Waals surface area contributed by atoms with Crippen LogP contribution < -0.4 is 0 Å². The molecule has 6 nitrogen and oxygen atoms in total. The molecule has 0 heterocycles. The molecule has 0 saturated heterocycles. The summed E-state index contributed by atoms with van der Waals surface area (Å²) in [6, 6.07) is 0. The molecular formula is C9H16O6S2. The Morgan fingerprint density at radius 1 is 0.941 bits per heavy atom. The van der Waals surface area contributed by atoms with E-state index in [0.29, 0.717) is 6.42 Å². The molecule has 2 fully saturated rings. The first-order valence-corrected chi connectivity index (χ1v) is 9.05. The first kappa shape index (κ1) is 13.3. The topological polar surface area (TPSA) is 86.7 Å². The average molecular weight is 284 g/mol. The molecule has 17 heavy (non-hydrogen) atoms.